The number of Topliss-reactive ketones (excluding diaryl/α,β-unsaturated/α-hetero) is 1. The molecule has 1 aromatic carbocycles. The van der Waals surface area contributed by atoms with Gasteiger partial charge in [-0.15, -0.1) is 10.2 Å². The molecule has 0 atom stereocenters. The Morgan fingerprint density at radius 2 is 1.96 bits per heavy atom. The third-order valence-corrected chi connectivity index (χ3v) is 4.39. The Morgan fingerprint density at radius 1 is 1.24 bits per heavy atom. The summed E-state index contributed by atoms with van der Waals surface area (Å²) in [7, 11) is 3.84. The van der Waals surface area contributed by atoms with Crippen LogP contribution in [-0.4, -0.2) is 52.6 Å². The Balaban J connectivity index is 1.99. The molecule has 3 rings (SSSR count). The summed E-state index contributed by atoms with van der Waals surface area (Å²) in [5.74, 6) is 1.84. The molecular formula is C18H22ClN5O. The lowest BCUT2D eigenvalue weighted by atomic mass is 10.0. The van der Waals surface area contributed by atoms with E-state index in [4.69, 9.17) is 11.6 Å². The molecule has 1 aliphatic heterocycles. The number of nitrogens with zero attached hydrogens (tertiary/aromatic N) is 5. The third kappa shape index (κ3) is 3.69. The number of hydrogen-bond acceptors (Lipinski definition) is 5. The Bertz CT molecular complexity index is 794. The van der Waals surface area contributed by atoms with Gasteiger partial charge in [-0.1, -0.05) is 18.5 Å². The molecule has 2 heterocycles. The maximum Gasteiger partial charge on any atom is 0.232 e. The van der Waals surface area contributed by atoms with Gasteiger partial charge in [0.1, 0.15) is 5.82 Å². The number of aromatic nitrogens is 3. The number of carbonyl (C=O) groups excluding carboxylic acids is 1. The van der Waals surface area contributed by atoms with Gasteiger partial charge in [0.2, 0.25) is 5.95 Å². The highest BCUT2D eigenvalue weighted by Crippen LogP contribution is 2.25. The quantitative estimate of drug-likeness (QED) is 0.786. The molecule has 6 nitrogen and oxygen atoms in total. The summed E-state index contributed by atoms with van der Waals surface area (Å²) in [6, 6.07) is 7.63. The third-order valence-electron chi connectivity index (χ3n) is 4.14. The van der Waals surface area contributed by atoms with E-state index in [0.29, 0.717) is 24.5 Å². The molecule has 0 radical (unpaired) electrons. The first-order valence-corrected chi connectivity index (χ1v) is 8.73. The van der Waals surface area contributed by atoms with E-state index in [1.807, 2.05) is 54.0 Å². The zero-order valence-corrected chi connectivity index (χ0v) is 15.5. The van der Waals surface area contributed by atoms with E-state index in [9.17, 15) is 4.79 Å². The number of halogens is 1. The number of rotatable bonds is 4. The maximum absolute atomic E-state index is 12.2. The predicted octanol–water partition coefficient (Wildman–Crippen LogP) is 2.71. The smallest absolute Gasteiger partial charge is 0.232 e. The zero-order valence-electron chi connectivity index (χ0n) is 14.7. The second kappa shape index (κ2) is 7.27. The van der Waals surface area contributed by atoms with Crippen molar-refractivity contribution < 1.29 is 4.79 Å². The number of ketones is 1. The molecule has 1 saturated heterocycles. The Kier molecular flexibility index (Phi) is 5.08. The number of carbonyl (C=O) groups is 1. The highest BCUT2D eigenvalue weighted by molar-refractivity contribution is 6.30. The van der Waals surface area contributed by atoms with Crippen LogP contribution in [0.1, 0.15) is 19.2 Å². The van der Waals surface area contributed by atoms with Gasteiger partial charge in [-0.2, -0.15) is 0 Å². The average molecular weight is 360 g/mol. The summed E-state index contributed by atoms with van der Waals surface area (Å²) < 4.78 is 2.04. The van der Waals surface area contributed by atoms with Crippen LogP contribution in [0.5, 0.6) is 0 Å². The zero-order chi connectivity index (χ0) is 18.0. The van der Waals surface area contributed by atoms with Crippen molar-refractivity contribution in [2.24, 2.45) is 0 Å². The minimum absolute atomic E-state index is 0.193. The number of benzene rings is 1. The fourth-order valence-electron chi connectivity index (χ4n) is 2.96. The molecule has 1 aliphatic rings. The highest BCUT2D eigenvalue weighted by atomic mass is 35.5. The van der Waals surface area contributed by atoms with E-state index < -0.39 is 0 Å². The lowest BCUT2D eigenvalue weighted by molar-refractivity contribution is -0.116. The summed E-state index contributed by atoms with van der Waals surface area (Å²) in [4.78, 5) is 16.2. The lowest BCUT2D eigenvalue weighted by Gasteiger charge is -2.29. The fraction of sp³-hybridized carbons (Fsp3) is 0.389. The van der Waals surface area contributed by atoms with Crippen molar-refractivity contribution in [1.82, 2.24) is 19.7 Å². The highest BCUT2D eigenvalue weighted by Gasteiger charge is 2.26. The molecule has 0 spiro atoms. The van der Waals surface area contributed by atoms with E-state index in [1.165, 1.54) is 0 Å². The summed E-state index contributed by atoms with van der Waals surface area (Å²) in [6.45, 7) is 3.23. The van der Waals surface area contributed by atoms with Gasteiger partial charge in [-0.05, 0) is 24.3 Å². The molecule has 1 aromatic heterocycles. The number of hydrogen-bond donors (Lipinski definition) is 0. The van der Waals surface area contributed by atoms with E-state index in [0.717, 1.165) is 29.5 Å². The molecule has 132 valence electrons. The molecule has 0 amide bonds. The summed E-state index contributed by atoms with van der Waals surface area (Å²) in [5, 5.41) is 9.43. The van der Waals surface area contributed by atoms with Crippen LogP contribution >= 0.6 is 11.6 Å². The van der Waals surface area contributed by atoms with Crippen molar-refractivity contribution in [2.75, 3.05) is 32.1 Å². The number of anilines is 1. The fourth-order valence-corrected chi connectivity index (χ4v) is 3.09. The normalized spacial score (nSPS) is 16.6. The van der Waals surface area contributed by atoms with Gasteiger partial charge < -0.3 is 9.80 Å². The largest absolute Gasteiger partial charge is 0.383 e. The Morgan fingerprint density at radius 3 is 2.60 bits per heavy atom. The number of aryl methyl sites for hydroxylation is 1. The topological polar surface area (TPSA) is 54.3 Å². The van der Waals surface area contributed by atoms with Crippen molar-refractivity contribution in [2.45, 2.75) is 19.8 Å². The summed E-state index contributed by atoms with van der Waals surface area (Å²) >= 11 is 6.02. The van der Waals surface area contributed by atoms with E-state index in [-0.39, 0.29) is 5.78 Å². The lowest BCUT2D eigenvalue weighted by Crippen LogP contribution is -2.38. The van der Waals surface area contributed by atoms with Crippen LogP contribution in [0.25, 0.3) is 5.69 Å². The second-order valence-corrected chi connectivity index (χ2v) is 6.73. The van der Waals surface area contributed by atoms with Crippen LogP contribution in [0.4, 0.5) is 5.95 Å². The molecule has 2 aromatic rings. The van der Waals surface area contributed by atoms with Crippen LogP contribution < -0.4 is 4.90 Å². The van der Waals surface area contributed by atoms with Crippen molar-refractivity contribution in [3.63, 3.8) is 0 Å². The summed E-state index contributed by atoms with van der Waals surface area (Å²) in [5.41, 5.74) is 1.76. The first kappa shape index (κ1) is 17.5. The SMILES string of the molecule is CCc1nnc(N2CCC(=O)/C(=C\N(C)C)C2)n1-c1ccc(Cl)cc1. The van der Waals surface area contributed by atoms with Gasteiger partial charge in [0.05, 0.1) is 12.2 Å². The predicted molar refractivity (Wildman–Crippen MR) is 99.4 cm³/mol. The second-order valence-electron chi connectivity index (χ2n) is 6.29. The van der Waals surface area contributed by atoms with E-state index in [1.54, 1.807) is 0 Å². The van der Waals surface area contributed by atoms with Gasteiger partial charge in [-0.3, -0.25) is 9.36 Å². The molecule has 1 fully saturated rings. The average Bonchev–Trinajstić information content (AvgIpc) is 3.01. The van der Waals surface area contributed by atoms with Crippen LogP contribution in [0, 0.1) is 0 Å². The van der Waals surface area contributed by atoms with Crippen LogP contribution in [0.3, 0.4) is 0 Å². The van der Waals surface area contributed by atoms with Crippen molar-refractivity contribution in [3.8, 4) is 5.69 Å². The standard InChI is InChI=1S/C18H22ClN5O/c1-4-17-20-21-18(24(17)15-7-5-14(19)6-8-15)23-10-9-16(25)13(12-23)11-22(2)3/h5-8,11H,4,9-10,12H2,1-3H3/b13-11-. The monoisotopic (exact) mass is 359 g/mol. The first-order valence-electron chi connectivity index (χ1n) is 8.35. The van der Waals surface area contributed by atoms with Gasteiger partial charge in [0.15, 0.2) is 5.78 Å². The molecule has 0 bridgehead atoms. The van der Waals surface area contributed by atoms with Crippen molar-refractivity contribution in [1.29, 1.82) is 0 Å². The van der Waals surface area contributed by atoms with Crippen LogP contribution in [-0.2, 0) is 11.2 Å². The molecule has 0 saturated carbocycles. The first-order chi connectivity index (χ1) is 12.0. The molecule has 25 heavy (non-hydrogen) atoms. The Hall–Kier alpha value is -2.34. The van der Waals surface area contributed by atoms with Gasteiger partial charge in [-0.25, -0.2) is 0 Å². The van der Waals surface area contributed by atoms with E-state index >= 15 is 0 Å². The minimum atomic E-state index is 0.193. The number of piperidine rings is 1. The van der Waals surface area contributed by atoms with Crippen molar-refractivity contribution >= 4 is 23.3 Å². The van der Waals surface area contributed by atoms with Crippen molar-refractivity contribution in [3.05, 3.63) is 46.9 Å². The summed E-state index contributed by atoms with van der Waals surface area (Å²) in [6.07, 6.45) is 3.13. The Labute approximate surface area is 152 Å². The van der Waals surface area contributed by atoms with Gasteiger partial charge >= 0.3 is 0 Å². The molecular weight excluding hydrogens is 338 g/mol. The minimum Gasteiger partial charge on any atom is -0.383 e. The molecule has 0 aliphatic carbocycles. The van der Waals surface area contributed by atoms with Crippen LogP contribution in [0.15, 0.2) is 36.0 Å². The van der Waals surface area contributed by atoms with E-state index in [2.05, 4.69) is 22.0 Å². The maximum atomic E-state index is 12.2. The van der Waals surface area contributed by atoms with Gasteiger partial charge in [0.25, 0.3) is 0 Å². The van der Waals surface area contributed by atoms with Crippen LogP contribution in [0.2, 0.25) is 5.02 Å². The molecule has 0 N–H and O–H groups in total. The van der Waals surface area contributed by atoms with Gasteiger partial charge in [0, 0.05) is 50.3 Å². The molecule has 7 heteroatoms. The molecule has 0 unspecified atom stereocenters.